The third-order valence-corrected chi connectivity index (χ3v) is 6.87. The summed E-state index contributed by atoms with van der Waals surface area (Å²) in [6.07, 6.45) is 2.92. The zero-order chi connectivity index (χ0) is 19.7. The van der Waals surface area contributed by atoms with Gasteiger partial charge in [0.15, 0.2) is 9.84 Å². The molecular weight excluding hydrogens is 388 g/mol. The van der Waals surface area contributed by atoms with E-state index >= 15 is 0 Å². The van der Waals surface area contributed by atoms with Gasteiger partial charge in [-0.15, -0.1) is 0 Å². The molecule has 9 heteroatoms. The predicted octanol–water partition coefficient (Wildman–Crippen LogP) is 2.13. The van der Waals surface area contributed by atoms with Gasteiger partial charge in [-0.2, -0.15) is 0 Å². The maximum atomic E-state index is 12.7. The highest BCUT2D eigenvalue weighted by atomic mass is 32.2. The van der Waals surface area contributed by atoms with Crippen molar-refractivity contribution in [3.8, 4) is 0 Å². The summed E-state index contributed by atoms with van der Waals surface area (Å²) in [6, 6.07) is 11.4. The molecule has 0 unspecified atom stereocenters. The van der Waals surface area contributed by atoms with Crippen LogP contribution in [0.5, 0.6) is 0 Å². The van der Waals surface area contributed by atoms with Crippen molar-refractivity contribution in [2.24, 2.45) is 0 Å². The first-order valence-electron chi connectivity index (χ1n) is 8.40. The molecule has 0 aliphatic carbocycles. The van der Waals surface area contributed by atoms with E-state index in [4.69, 9.17) is 0 Å². The number of hydrogen-bond donors (Lipinski definition) is 1. The van der Waals surface area contributed by atoms with Gasteiger partial charge in [-0.25, -0.2) is 16.8 Å². The van der Waals surface area contributed by atoms with E-state index in [1.807, 2.05) is 0 Å². The van der Waals surface area contributed by atoms with E-state index in [2.05, 4.69) is 4.72 Å². The van der Waals surface area contributed by atoms with Gasteiger partial charge in [-0.05, 0) is 49.2 Å². The lowest BCUT2D eigenvalue weighted by Crippen LogP contribution is -2.28. The molecule has 1 heterocycles. The van der Waals surface area contributed by atoms with Crippen LogP contribution >= 0.6 is 0 Å². The molecule has 1 saturated heterocycles. The first-order chi connectivity index (χ1) is 12.7. The third-order valence-electron chi connectivity index (χ3n) is 4.36. The van der Waals surface area contributed by atoms with Crippen molar-refractivity contribution < 1.29 is 21.6 Å². The molecule has 27 heavy (non-hydrogen) atoms. The number of nitrogens with one attached hydrogen (secondary N) is 1. The molecule has 144 valence electrons. The average molecular weight is 409 g/mol. The second-order valence-electron chi connectivity index (χ2n) is 6.39. The Bertz CT molecular complexity index is 1060. The van der Waals surface area contributed by atoms with Gasteiger partial charge >= 0.3 is 0 Å². The van der Waals surface area contributed by atoms with Crippen LogP contribution in [0.3, 0.4) is 0 Å². The first kappa shape index (κ1) is 19.4. The van der Waals surface area contributed by atoms with E-state index in [1.54, 1.807) is 23.1 Å². The topological polar surface area (TPSA) is 101 Å². The van der Waals surface area contributed by atoms with Gasteiger partial charge in [0.2, 0.25) is 0 Å². The molecule has 0 radical (unpaired) electrons. The Morgan fingerprint density at radius 3 is 2.04 bits per heavy atom. The van der Waals surface area contributed by atoms with Crippen molar-refractivity contribution in [1.82, 2.24) is 4.90 Å². The number of nitrogens with zero attached hydrogens (tertiary/aromatic N) is 1. The standard InChI is InChI=1S/C18H20N2O5S2/c1-26(22,23)14-8-10-15(11-9-14)27(24,25)19-17-7-3-2-6-16(17)18(21)20-12-4-5-13-20/h2-3,6-11,19H,4-5,12-13H2,1H3. The number of benzene rings is 2. The summed E-state index contributed by atoms with van der Waals surface area (Å²) in [5.41, 5.74) is 0.484. The fourth-order valence-corrected chi connectivity index (χ4v) is 4.63. The SMILES string of the molecule is CS(=O)(=O)c1ccc(S(=O)(=O)Nc2ccccc2C(=O)N2CCCC2)cc1. The van der Waals surface area contributed by atoms with Crippen LogP contribution in [-0.4, -0.2) is 47.0 Å². The normalized spacial score (nSPS) is 14.9. The van der Waals surface area contributed by atoms with E-state index in [-0.39, 0.29) is 26.9 Å². The molecule has 0 atom stereocenters. The molecule has 7 nitrogen and oxygen atoms in total. The molecule has 1 fully saturated rings. The lowest BCUT2D eigenvalue weighted by Gasteiger charge is -2.18. The summed E-state index contributed by atoms with van der Waals surface area (Å²) in [7, 11) is -7.39. The van der Waals surface area contributed by atoms with Gasteiger partial charge in [0.25, 0.3) is 15.9 Å². The molecule has 2 aromatic rings. The van der Waals surface area contributed by atoms with Crippen molar-refractivity contribution in [3.63, 3.8) is 0 Å². The van der Waals surface area contributed by atoms with Crippen LogP contribution in [0.15, 0.2) is 58.3 Å². The van der Waals surface area contributed by atoms with Crippen LogP contribution in [0.4, 0.5) is 5.69 Å². The monoisotopic (exact) mass is 408 g/mol. The summed E-state index contributed by atoms with van der Waals surface area (Å²) in [4.78, 5) is 14.3. The minimum Gasteiger partial charge on any atom is -0.339 e. The molecule has 0 aromatic heterocycles. The highest BCUT2D eigenvalue weighted by molar-refractivity contribution is 7.92. The Kier molecular flexibility index (Phi) is 5.25. The van der Waals surface area contributed by atoms with Crippen LogP contribution in [0.1, 0.15) is 23.2 Å². The molecule has 0 saturated carbocycles. The Morgan fingerprint density at radius 1 is 0.889 bits per heavy atom. The van der Waals surface area contributed by atoms with Crippen LogP contribution in [0, 0.1) is 0 Å². The van der Waals surface area contributed by atoms with Crippen molar-refractivity contribution in [2.45, 2.75) is 22.6 Å². The maximum Gasteiger partial charge on any atom is 0.261 e. The fourth-order valence-electron chi connectivity index (χ4n) is 2.92. The van der Waals surface area contributed by atoms with Crippen molar-refractivity contribution in [1.29, 1.82) is 0 Å². The summed E-state index contributed by atoms with van der Waals surface area (Å²) in [6.45, 7) is 1.32. The largest absolute Gasteiger partial charge is 0.339 e. The Morgan fingerprint density at radius 2 is 1.44 bits per heavy atom. The Labute approximate surface area is 159 Å². The minimum absolute atomic E-state index is 0.0334. The Balaban J connectivity index is 1.89. The molecule has 0 spiro atoms. The van der Waals surface area contributed by atoms with Crippen molar-refractivity contribution in [2.75, 3.05) is 24.1 Å². The molecular formula is C18H20N2O5S2. The van der Waals surface area contributed by atoms with Crippen molar-refractivity contribution in [3.05, 3.63) is 54.1 Å². The zero-order valence-corrected chi connectivity index (χ0v) is 16.4. The van der Waals surface area contributed by atoms with Crippen molar-refractivity contribution >= 4 is 31.5 Å². The molecule has 1 N–H and O–H groups in total. The van der Waals surface area contributed by atoms with E-state index in [9.17, 15) is 21.6 Å². The summed E-state index contributed by atoms with van der Waals surface area (Å²) in [5.74, 6) is -0.210. The van der Waals surface area contributed by atoms with Gasteiger partial charge in [0, 0.05) is 19.3 Å². The van der Waals surface area contributed by atoms with Gasteiger partial charge in [-0.3, -0.25) is 9.52 Å². The van der Waals surface area contributed by atoms with Crippen LogP contribution in [0.25, 0.3) is 0 Å². The number of carbonyl (C=O) groups is 1. The van der Waals surface area contributed by atoms with Gasteiger partial charge in [0.1, 0.15) is 0 Å². The van der Waals surface area contributed by atoms with E-state index in [0.717, 1.165) is 19.1 Å². The molecule has 0 bridgehead atoms. The second kappa shape index (κ2) is 7.32. The quantitative estimate of drug-likeness (QED) is 0.817. The minimum atomic E-state index is -3.97. The number of carbonyl (C=O) groups excluding carboxylic acids is 1. The summed E-state index contributed by atoms with van der Waals surface area (Å²) >= 11 is 0. The average Bonchev–Trinajstić information content (AvgIpc) is 3.15. The lowest BCUT2D eigenvalue weighted by atomic mass is 10.1. The number of likely N-dealkylation sites (tertiary alicyclic amines) is 1. The summed E-state index contributed by atoms with van der Waals surface area (Å²) < 4.78 is 50.8. The number of amides is 1. The van der Waals surface area contributed by atoms with Gasteiger partial charge in [0.05, 0.1) is 21.0 Å². The van der Waals surface area contributed by atoms with Gasteiger partial charge < -0.3 is 4.90 Å². The first-order valence-corrected chi connectivity index (χ1v) is 11.8. The Hall–Kier alpha value is -2.39. The molecule has 1 aliphatic rings. The number of para-hydroxylation sites is 1. The second-order valence-corrected chi connectivity index (χ2v) is 10.1. The molecule has 1 aliphatic heterocycles. The number of sulfonamides is 1. The van der Waals surface area contributed by atoms with Gasteiger partial charge in [-0.1, -0.05) is 12.1 Å². The number of anilines is 1. The number of rotatable bonds is 5. The lowest BCUT2D eigenvalue weighted by molar-refractivity contribution is 0.0794. The smallest absolute Gasteiger partial charge is 0.261 e. The van der Waals surface area contributed by atoms with Crippen LogP contribution < -0.4 is 4.72 Å². The zero-order valence-electron chi connectivity index (χ0n) is 14.8. The number of sulfone groups is 1. The van der Waals surface area contributed by atoms with E-state index < -0.39 is 19.9 Å². The van der Waals surface area contributed by atoms with Crippen LogP contribution in [0.2, 0.25) is 0 Å². The highest BCUT2D eigenvalue weighted by Crippen LogP contribution is 2.23. The maximum absolute atomic E-state index is 12.7. The number of hydrogen-bond acceptors (Lipinski definition) is 5. The summed E-state index contributed by atoms with van der Waals surface area (Å²) in [5, 5.41) is 0. The molecule has 2 aromatic carbocycles. The van der Waals surface area contributed by atoms with Crippen LogP contribution in [-0.2, 0) is 19.9 Å². The van der Waals surface area contributed by atoms with E-state index in [0.29, 0.717) is 13.1 Å². The molecule has 3 rings (SSSR count). The third kappa shape index (κ3) is 4.30. The highest BCUT2D eigenvalue weighted by Gasteiger charge is 2.24. The fraction of sp³-hybridized carbons (Fsp3) is 0.278. The molecule has 1 amide bonds. The van der Waals surface area contributed by atoms with E-state index in [1.165, 1.54) is 30.3 Å². The predicted molar refractivity (Wildman–Crippen MR) is 102 cm³/mol.